The normalized spacial score (nSPS) is 10.3. The van der Waals surface area contributed by atoms with E-state index < -0.39 is 0 Å². The van der Waals surface area contributed by atoms with Crippen molar-refractivity contribution < 1.29 is 4.42 Å². The average molecular weight is 333 g/mol. The first kappa shape index (κ1) is 16.3. The maximum Gasteiger partial charge on any atom is 0.190 e. The van der Waals surface area contributed by atoms with Crippen LogP contribution in [0.3, 0.4) is 0 Å². The lowest BCUT2D eigenvalue weighted by atomic mass is 10.1. The summed E-state index contributed by atoms with van der Waals surface area (Å²) in [6, 6.07) is 17.3. The van der Waals surface area contributed by atoms with Crippen LogP contribution in [0.4, 0.5) is 11.4 Å². The molecule has 25 heavy (non-hydrogen) atoms. The van der Waals surface area contributed by atoms with E-state index in [2.05, 4.69) is 10.6 Å². The van der Waals surface area contributed by atoms with Crippen molar-refractivity contribution in [3.63, 3.8) is 0 Å². The zero-order valence-electron chi connectivity index (χ0n) is 13.8. The van der Waals surface area contributed by atoms with Gasteiger partial charge in [0, 0.05) is 22.5 Å². The van der Waals surface area contributed by atoms with Gasteiger partial charge in [0.05, 0.1) is 12.1 Å². The third kappa shape index (κ3) is 4.06. The zero-order chi connectivity index (χ0) is 17.8. The van der Waals surface area contributed by atoms with Crippen LogP contribution in [0.2, 0.25) is 0 Å². The Morgan fingerprint density at radius 3 is 1.96 bits per heavy atom. The second kappa shape index (κ2) is 6.92. The lowest BCUT2D eigenvalue weighted by Crippen LogP contribution is -2.20. The van der Waals surface area contributed by atoms with E-state index >= 15 is 0 Å². The largest absolute Gasteiger partial charge is 0.464 e. The molecule has 6 N–H and O–H groups in total. The van der Waals surface area contributed by atoms with Gasteiger partial charge in [0.2, 0.25) is 0 Å². The van der Waals surface area contributed by atoms with E-state index in [-0.39, 0.29) is 5.96 Å². The number of anilines is 2. The van der Waals surface area contributed by atoms with E-state index in [0.29, 0.717) is 5.84 Å². The third-order valence-corrected chi connectivity index (χ3v) is 3.60. The number of hydrogen-bond donors (Lipinski definition) is 5. The van der Waals surface area contributed by atoms with E-state index in [0.717, 1.165) is 33.8 Å². The fourth-order valence-electron chi connectivity index (χ4n) is 2.47. The molecule has 3 rings (SSSR count). The molecule has 0 radical (unpaired) electrons. The summed E-state index contributed by atoms with van der Waals surface area (Å²) in [5.74, 6) is 1.08. The molecular weight excluding hydrogens is 314 g/mol. The minimum Gasteiger partial charge on any atom is -0.464 e. The predicted molar refractivity (Wildman–Crippen MR) is 102 cm³/mol. The van der Waals surface area contributed by atoms with Crippen LogP contribution in [-0.4, -0.2) is 11.8 Å². The molecule has 0 saturated heterocycles. The summed E-state index contributed by atoms with van der Waals surface area (Å²) in [4.78, 5) is 0. The Labute approximate surface area is 145 Å². The molecule has 126 valence electrons. The van der Waals surface area contributed by atoms with Crippen LogP contribution in [0.25, 0.3) is 22.5 Å². The Morgan fingerprint density at radius 2 is 1.40 bits per heavy atom. The van der Waals surface area contributed by atoms with Crippen molar-refractivity contribution in [2.75, 3.05) is 10.6 Å². The molecule has 0 saturated carbocycles. The number of hydrogen-bond acceptors (Lipinski definition) is 3. The van der Waals surface area contributed by atoms with E-state index in [1.165, 1.54) is 0 Å². The molecule has 1 heterocycles. The minimum atomic E-state index is -0.0933. The van der Waals surface area contributed by atoms with Gasteiger partial charge in [0.15, 0.2) is 5.96 Å². The summed E-state index contributed by atoms with van der Waals surface area (Å²) in [6.07, 6.45) is 1.72. The highest BCUT2D eigenvalue weighted by molar-refractivity contribution is 5.91. The molecule has 1 aromatic heterocycles. The van der Waals surface area contributed by atoms with Crippen LogP contribution in [0.15, 0.2) is 65.3 Å². The van der Waals surface area contributed by atoms with Crippen molar-refractivity contribution in [3.05, 3.63) is 60.9 Å². The van der Waals surface area contributed by atoms with Gasteiger partial charge in [0.1, 0.15) is 5.76 Å². The van der Waals surface area contributed by atoms with Crippen molar-refractivity contribution >= 4 is 23.2 Å². The number of nitrogens with two attached hydrogens (primary N) is 1. The van der Waals surface area contributed by atoms with Gasteiger partial charge in [-0.2, -0.15) is 0 Å². The van der Waals surface area contributed by atoms with Gasteiger partial charge in [-0.1, -0.05) is 12.1 Å². The van der Waals surface area contributed by atoms with Crippen LogP contribution >= 0.6 is 0 Å². The molecule has 0 aliphatic rings. The SMILES string of the molecule is CC(=N)Nc1ccc(-c2coc(-c3ccc(NC(=N)N)cc3)c2)cc1. The number of amidine groups is 1. The quantitative estimate of drug-likeness (QED) is 0.361. The van der Waals surface area contributed by atoms with Crippen molar-refractivity contribution in [1.29, 1.82) is 10.8 Å². The van der Waals surface area contributed by atoms with Crippen LogP contribution in [-0.2, 0) is 0 Å². The molecule has 3 aromatic rings. The lowest BCUT2D eigenvalue weighted by molar-refractivity contribution is 0.583. The minimum absolute atomic E-state index is 0.0933. The molecule has 0 unspecified atom stereocenters. The summed E-state index contributed by atoms with van der Waals surface area (Å²) in [5.41, 5.74) is 9.92. The van der Waals surface area contributed by atoms with Gasteiger partial charge in [-0.15, -0.1) is 0 Å². The highest BCUT2D eigenvalue weighted by Crippen LogP contribution is 2.29. The molecular formula is C19H19N5O. The van der Waals surface area contributed by atoms with E-state index in [9.17, 15) is 0 Å². The fraction of sp³-hybridized carbons (Fsp3) is 0.0526. The number of furan rings is 1. The molecule has 6 heteroatoms. The number of benzene rings is 2. The number of nitrogens with one attached hydrogen (secondary N) is 4. The van der Waals surface area contributed by atoms with Gasteiger partial charge in [-0.05, 0) is 55.0 Å². The molecule has 6 nitrogen and oxygen atoms in total. The van der Waals surface area contributed by atoms with Crippen molar-refractivity contribution in [3.8, 4) is 22.5 Å². The Bertz CT molecular complexity index is 820. The molecule has 2 aromatic carbocycles. The van der Waals surface area contributed by atoms with E-state index in [1.807, 2.05) is 54.6 Å². The Balaban J connectivity index is 1.77. The van der Waals surface area contributed by atoms with Gasteiger partial charge in [-0.3, -0.25) is 10.8 Å². The lowest BCUT2D eigenvalue weighted by Gasteiger charge is -2.04. The predicted octanol–water partition coefficient (Wildman–Crippen LogP) is 4.33. The first-order valence-corrected chi connectivity index (χ1v) is 7.74. The molecule has 0 bridgehead atoms. The zero-order valence-corrected chi connectivity index (χ0v) is 13.8. The highest BCUT2D eigenvalue weighted by atomic mass is 16.3. The van der Waals surface area contributed by atoms with Crippen LogP contribution in [0.5, 0.6) is 0 Å². The Morgan fingerprint density at radius 1 is 0.840 bits per heavy atom. The fourth-order valence-corrected chi connectivity index (χ4v) is 2.47. The Hall–Kier alpha value is -3.54. The van der Waals surface area contributed by atoms with Crippen LogP contribution in [0, 0.1) is 10.8 Å². The molecule has 0 aliphatic carbocycles. The summed E-state index contributed by atoms with van der Waals surface area (Å²) in [5, 5.41) is 20.4. The molecule has 0 spiro atoms. The molecule has 0 atom stereocenters. The van der Waals surface area contributed by atoms with E-state index in [4.69, 9.17) is 21.0 Å². The summed E-state index contributed by atoms with van der Waals surface area (Å²) >= 11 is 0. The number of guanidine groups is 1. The summed E-state index contributed by atoms with van der Waals surface area (Å²) < 4.78 is 5.68. The first-order valence-electron chi connectivity index (χ1n) is 7.74. The maximum absolute atomic E-state index is 7.45. The molecule has 0 amide bonds. The second-order valence-corrected chi connectivity index (χ2v) is 5.64. The van der Waals surface area contributed by atoms with Gasteiger partial charge in [-0.25, -0.2) is 0 Å². The van der Waals surface area contributed by atoms with Crippen LogP contribution < -0.4 is 16.4 Å². The summed E-state index contributed by atoms with van der Waals surface area (Å²) in [7, 11) is 0. The number of rotatable bonds is 4. The van der Waals surface area contributed by atoms with Gasteiger partial charge >= 0.3 is 0 Å². The van der Waals surface area contributed by atoms with Crippen molar-refractivity contribution in [1.82, 2.24) is 0 Å². The molecule has 0 fully saturated rings. The smallest absolute Gasteiger partial charge is 0.190 e. The summed E-state index contributed by atoms with van der Waals surface area (Å²) in [6.45, 7) is 1.70. The Kier molecular flexibility index (Phi) is 4.52. The van der Waals surface area contributed by atoms with Crippen molar-refractivity contribution in [2.45, 2.75) is 6.92 Å². The average Bonchev–Trinajstić information content (AvgIpc) is 3.05. The van der Waals surface area contributed by atoms with E-state index in [1.54, 1.807) is 13.2 Å². The maximum atomic E-state index is 7.45. The van der Waals surface area contributed by atoms with Crippen LogP contribution in [0.1, 0.15) is 6.92 Å². The standard InChI is InChI=1S/C19H19N5O/c1-12(20)23-16-6-2-13(3-7-16)15-10-18(25-11-15)14-4-8-17(9-5-14)24-19(21)22/h2-11H,1H3,(H2,20,23)(H4,21,22,24). The highest BCUT2D eigenvalue weighted by Gasteiger charge is 2.07. The first-order chi connectivity index (χ1) is 12.0. The van der Waals surface area contributed by atoms with Gasteiger partial charge < -0.3 is 20.8 Å². The second-order valence-electron chi connectivity index (χ2n) is 5.64. The topological polar surface area (TPSA) is 111 Å². The third-order valence-electron chi connectivity index (χ3n) is 3.60. The van der Waals surface area contributed by atoms with Crippen molar-refractivity contribution in [2.24, 2.45) is 5.73 Å². The monoisotopic (exact) mass is 333 g/mol. The molecule has 0 aliphatic heterocycles. The van der Waals surface area contributed by atoms with Gasteiger partial charge in [0.25, 0.3) is 0 Å².